The summed E-state index contributed by atoms with van der Waals surface area (Å²) in [7, 11) is 1.63. The number of benzene rings is 3. The summed E-state index contributed by atoms with van der Waals surface area (Å²) >= 11 is 5.95. The van der Waals surface area contributed by atoms with Gasteiger partial charge in [0.2, 0.25) is 0 Å². The van der Waals surface area contributed by atoms with E-state index in [1.54, 1.807) is 19.2 Å². The summed E-state index contributed by atoms with van der Waals surface area (Å²) in [5, 5.41) is 5.63. The van der Waals surface area contributed by atoms with Gasteiger partial charge in [-0.1, -0.05) is 41.9 Å². The molecule has 158 valence electrons. The molecule has 0 spiro atoms. The molecule has 0 unspecified atom stereocenters. The Morgan fingerprint density at radius 1 is 1.00 bits per heavy atom. The number of halogens is 1. The molecule has 2 heterocycles. The molecule has 5 rings (SSSR count). The zero-order chi connectivity index (χ0) is 22.1. The van der Waals surface area contributed by atoms with Crippen LogP contribution >= 0.6 is 11.6 Å². The predicted molar refractivity (Wildman–Crippen MR) is 128 cm³/mol. The lowest BCUT2D eigenvalue weighted by atomic mass is 10.1. The molecule has 0 saturated heterocycles. The van der Waals surface area contributed by atoms with E-state index in [1.807, 2.05) is 66.7 Å². The van der Waals surface area contributed by atoms with Crippen LogP contribution in [-0.4, -0.2) is 23.0 Å². The number of hydrogen-bond donors (Lipinski definition) is 2. The number of carbonyl (C=O) groups is 1. The average molecular weight is 442 g/mol. The number of nitrogens with one attached hydrogen (secondary N) is 2. The smallest absolute Gasteiger partial charge is 0.270 e. The van der Waals surface area contributed by atoms with Gasteiger partial charge in [0.15, 0.2) is 0 Å². The second kappa shape index (κ2) is 8.36. The molecule has 2 aromatic heterocycles. The van der Waals surface area contributed by atoms with Gasteiger partial charge < -0.3 is 15.0 Å². The minimum atomic E-state index is -0.234. The van der Waals surface area contributed by atoms with Crippen molar-refractivity contribution in [2.45, 2.75) is 6.54 Å². The fourth-order valence-corrected chi connectivity index (χ4v) is 3.92. The van der Waals surface area contributed by atoms with Gasteiger partial charge in [0.25, 0.3) is 5.91 Å². The van der Waals surface area contributed by atoms with Crippen LogP contribution in [0.4, 0.5) is 0 Å². The number of fused-ring (bicyclic) bond motifs is 3. The number of aromatic nitrogens is 2. The van der Waals surface area contributed by atoms with Crippen LogP contribution in [-0.2, 0) is 6.54 Å². The molecule has 0 fully saturated rings. The number of aromatic amines is 1. The first-order chi connectivity index (χ1) is 15.6. The molecule has 5 aromatic rings. The van der Waals surface area contributed by atoms with Crippen LogP contribution in [0.25, 0.3) is 33.1 Å². The van der Waals surface area contributed by atoms with E-state index in [0.717, 1.165) is 44.4 Å². The topological polar surface area (TPSA) is 67.0 Å². The number of ether oxygens (including phenoxy) is 1. The van der Waals surface area contributed by atoms with Crippen LogP contribution in [0.5, 0.6) is 5.75 Å². The highest BCUT2D eigenvalue weighted by Gasteiger charge is 2.17. The van der Waals surface area contributed by atoms with E-state index in [4.69, 9.17) is 21.3 Å². The van der Waals surface area contributed by atoms with Crippen molar-refractivity contribution in [1.82, 2.24) is 15.3 Å². The minimum absolute atomic E-state index is 0.234. The summed E-state index contributed by atoms with van der Waals surface area (Å²) in [5.41, 5.74) is 4.84. The summed E-state index contributed by atoms with van der Waals surface area (Å²) in [6.45, 7) is 0.390. The Morgan fingerprint density at radius 3 is 2.50 bits per heavy atom. The molecule has 0 aliphatic heterocycles. The summed E-state index contributed by atoms with van der Waals surface area (Å²) < 4.78 is 5.28. The molecular weight excluding hydrogens is 422 g/mol. The maximum absolute atomic E-state index is 13.0. The molecule has 0 aliphatic carbocycles. The second-order valence-electron chi connectivity index (χ2n) is 7.49. The van der Waals surface area contributed by atoms with Gasteiger partial charge in [-0.25, -0.2) is 4.98 Å². The van der Waals surface area contributed by atoms with Crippen molar-refractivity contribution in [3.63, 3.8) is 0 Å². The van der Waals surface area contributed by atoms with Crippen LogP contribution in [0.3, 0.4) is 0 Å². The molecule has 3 aromatic carbocycles. The highest BCUT2D eigenvalue weighted by molar-refractivity contribution is 6.30. The number of rotatable bonds is 5. The molecule has 0 saturated carbocycles. The number of carbonyl (C=O) groups excluding carboxylic acids is 1. The summed E-state index contributed by atoms with van der Waals surface area (Å²) in [4.78, 5) is 21.2. The fraction of sp³-hybridized carbons (Fsp3) is 0.0769. The summed E-state index contributed by atoms with van der Waals surface area (Å²) in [6.07, 6.45) is 0. The number of nitrogens with zero attached hydrogens (tertiary/aromatic N) is 1. The zero-order valence-corrected chi connectivity index (χ0v) is 18.1. The van der Waals surface area contributed by atoms with Gasteiger partial charge in [0.1, 0.15) is 11.4 Å². The molecule has 32 heavy (non-hydrogen) atoms. The van der Waals surface area contributed by atoms with Gasteiger partial charge in [-0.3, -0.25) is 4.79 Å². The van der Waals surface area contributed by atoms with Crippen LogP contribution in [0, 0.1) is 0 Å². The van der Waals surface area contributed by atoms with Crippen LogP contribution in [0.15, 0.2) is 78.9 Å². The first kappa shape index (κ1) is 20.1. The Hall–Kier alpha value is -3.83. The zero-order valence-electron chi connectivity index (χ0n) is 17.4. The monoisotopic (exact) mass is 441 g/mol. The van der Waals surface area contributed by atoms with E-state index < -0.39 is 0 Å². The molecule has 0 bridgehead atoms. The predicted octanol–water partition coefficient (Wildman–Crippen LogP) is 5.98. The van der Waals surface area contributed by atoms with Crippen molar-refractivity contribution in [3.05, 3.63) is 95.1 Å². The molecule has 6 heteroatoms. The lowest BCUT2D eigenvalue weighted by Crippen LogP contribution is -2.24. The summed E-state index contributed by atoms with van der Waals surface area (Å²) in [6, 6.07) is 24.9. The van der Waals surface area contributed by atoms with E-state index in [-0.39, 0.29) is 5.91 Å². The summed E-state index contributed by atoms with van der Waals surface area (Å²) in [5.74, 6) is 0.528. The Bertz CT molecular complexity index is 1420. The first-order valence-corrected chi connectivity index (χ1v) is 10.6. The van der Waals surface area contributed by atoms with Crippen LogP contribution < -0.4 is 10.1 Å². The molecule has 1 amide bonds. The largest absolute Gasteiger partial charge is 0.497 e. The highest BCUT2D eigenvalue weighted by Crippen LogP contribution is 2.33. The van der Waals surface area contributed by atoms with Crippen molar-refractivity contribution in [2.24, 2.45) is 0 Å². The molecule has 0 radical (unpaired) electrons. The Balaban J connectivity index is 1.58. The third kappa shape index (κ3) is 3.79. The van der Waals surface area contributed by atoms with Gasteiger partial charge in [-0.05, 0) is 54.1 Å². The molecular formula is C26H20ClN3O2. The Labute approximate surface area is 190 Å². The number of hydrogen-bond acceptors (Lipinski definition) is 3. The van der Waals surface area contributed by atoms with E-state index in [1.165, 1.54) is 0 Å². The van der Waals surface area contributed by atoms with Gasteiger partial charge in [0, 0.05) is 33.4 Å². The number of H-pyrrole nitrogens is 1. The SMILES string of the molecule is COc1ccc(-c2nc(C(=O)NCc3ccc(Cl)cc3)cc3c2[nH]c2ccccc23)cc1. The standard InChI is InChI=1S/C26H20ClN3O2/c1-32-19-12-8-17(9-13-19)24-25-21(20-4-2-3-5-22(20)29-25)14-23(30-24)26(31)28-15-16-6-10-18(27)11-7-16/h2-14,29H,15H2,1H3,(H,28,31). The van der Waals surface area contributed by atoms with Gasteiger partial charge in [-0.2, -0.15) is 0 Å². The lowest BCUT2D eigenvalue weighted by molar-refractivity contribution is 0.0946. The fourth-order valence-electron chi connectivity index (χ4n) is 3.79. The Morgan fingerprint density at radius 2 is 1.75 bits per heavy atom. The highest BCUT2D eigenvalue weighted by atomic mass is 35.5. The van der Waals surface area contributed by atoms with Crippen molar-refractivity contribution < 1.29 is 9.53 Å². The number of para-hydroxylation sites is 1. The molecule has 2 N–H and O–H groups in total. The third-order valence-electron chi connectivity index (χ3n) is 5.46. The maximum Gasteiger partial charge on any atom is 0.270 e. The second-order valence-corrected chi connectivity index (χ2v) is 7.92. The van der Waals surface area contributed by atoms with E-state index in [2.05, 4.69) is 10.3 Å². The van der Waals surface area contributed by atoms with Crippen molar-refractivity contribution >= 4 is 39.3 Å². The molecule has 5 nitrogen and oxygen atoms in total. The van der Waals surface area contributed by atoms with Crippen LogP contribution in [0.1, 0.15) is 16.1 Å². The first-order valence-electron chi connectivity index (χ1n) is 10.2. The van der Waals surface area contributed by atoms with E-state index in [0.29, 0.717) is 17.3 Å². The maximum atomic E-state index is 13.0. The molecule has 0 atom stereocenters. The van der Waals surface area contributed by atoms with Gasteiger partial charge in [0.05, 0.1) is 18.3 Å². The quantitative estimate of drug-likeness (QED) is 0.353. The average Bonchev–Trinajstić information content (AvgIpc) is 3.22. The van der Waals surface area contributed by atoms with Gasteiger partial charge in [-0.15, -0.1) is 0 Å². The van der Waals surface area contributed by atoms with Crippen LogP contribution in [0.2, 0.25) is 5.02 Å². The third-order valence-corrected chi connectivity index (χ3v) is 5.71. The van der Waals surface area contributed by atoms with E-state index >= 15 is 0 Å². The minimum Gasteiger partial charge on any atom is -0.497 e. The van der Waals surface area contributed by atoms with Crippen molar-refractivity contribution in [3.8, 4) is 17.0 Å². The van der Waals surface area contributed by atoms with E-state index in [9.17, 15) is 4.79 Å². The Kier molecular flexibility index (Phi) is 5.25. The molecule has 0 aliphatic rings. The number of amides is 1. The van der Waals surface area contributed by atoms with Crippen molar-refractivity contribution in [2.75, 3.05) is 7.11 Å². The normalized spacial score (nSPS) is 11.1. The van der Waals surface area contributed by atoms with Gasteiger partial charge >= 0.3 is 0 Å². The lowest BCUT2D eigenvalue weighted by Gasteiger charge is -2.09. The van der Waals surface area contributed by atoms with Crippen molar-refractivity contribution in [1.29, 1.82) is 0 Å². The number of methoxy groups -OCH3 is 1. The number of pyridine rings is 1.